The van der Waals surface area contributed by atoms with Crippen LogP contribution in [0.5, 0.6) is 11.5 Å². The number of nitrogens with zero attached hydrogens (tertiary/aromatic N) is 8. The summed E-state index contributed by atoms with van der Waals surface area (Å²) in [4.78, 5) is 6.83. The fourth-order valence-electron chi connectivity index (χ4n) is 10.1. The van der Waals surface area contributed by atoms with Gasteiger partial charge in [0.1, 0.15) is 23.0 Å². The van der Waals surface area contributed by atoms with Crippen LogP contribution in [-0.2, 0) is 6.42 Å². The second-order valence-corrected chi connectivity index (χ2v) is 18.9. The van der Waals surface area contributed by atoms with E-state index in [2.05, 4.69) is 87.2 Å². The van der Waals surface area contributed by atoms with E-state index in [1.54, 1.807) is 30.3 Å². The topological polar surface area (TPSA) is 152 Å². The third-order valence-electron chi connectivity index (χ3n) is 12.0. The second-order valence-electron chi connectivity index (χ2n) is 18.9. The van der Waals surface area contributed by atoms with Gasteiger partial charge in [-0.3, -0.25) is 0 Å². The summed E-state index contributed by atoms with van der Waals surface area (Å²) in [5.41, 5.74) is 6.11. The summed E-state index contributed by atoms with van der Waals surface area (Å²) in [6, 6.07) is 18.3. The lowest BCUT2D eigenvalue weighted by molar-refractivity contribution is 0.128. The molecule has 2 fully saturated rings. The molecule has 4 aromatic heterocycles. The van der Waals surface area contributed by atoms with E-state index in [0.29, 0.717) is 57.4 Å². The predicted molar refractivity (Wildman–Crippen MR) is 235 cm³/mol. The zero-order chi connectivity index (χ0) is 42.6. The van der Waals surface area contributed by atoms with Crippen molar-refractivity contribution in [1.82, 2.24) is 45.8 Å². The van der Waals surface area contributed by atoms with Gasteiger partial charge in [0, 0.05) is 59.3 Å². The molecule has 2 aliphatic rings. The average Bonchev–Trinajstić information content (AvgIpc) is 3.88. The minimum Gasteiger partial charge on any atom is -0.507 e. The fraction of sp³-hybridized carbons (Fsp3) is 0.447. The number of aromatic hydroxyl groups is 1. The van der Waals surface area contributed by atoms with Crippen LogP contribution < -0.4 is 20.3 Å². The van der Waals surface area contributed by atoms with Gasteiger partial charge in [0.05, 0.1) is 41.5 Å². The molecule has 2 aliphatic heterocycles. The van der Waals surface area contributed by atoms with Gasteiger partial charge in [-0.2, -0.15) is 15.3 Å². The molecule has 6 aromatic rings. The van der Waals surface area contributed by atoms with Crippen molar-refractivity contribution in [3.05, 3.63) is 84.6 Å². The Morgan fingerprint density at radius 3 is 2.23 bits per heavy atom. The number of nitrogens with one attached hydrogen (secondary N) is 2. The Morgan fingerprint density at radius 2 is 1.62 bits per heavy atom. The SMILES string of the molecule is COc1c(-c2ccc(N(C)C3CC(C)NC(C)(C)C3)nn2)c(O)cc(-c2ncc(C)o2)c1-c1cc(-n2cccn2)ccc1-c1ccc(CC2CC(C)(C)NC(C)(C)C2)nn1. The Bertz CT molecular complexity index is 2440. The number of ether oxygens (including phenoxy) is 1. The number of aromatic nitrogens is 7. The number of methoxy groups -OCH3 is 1. The number of anilines is 1. The number of hydrogen-bond donors (Lipinski definition) is 3. The first-order valence-corrected chi connectivity index (χ1v) is 21.0. The molecule has 13 heteroatoms. The normalized spacial score (nSPS) is 19.9. The van der Waals surface area contributed by atoms with Crippen LogP contribution in [-0.4, -0.2) is 83.1 Å². The summed E-state index contributed by atoms with van der Waals surface area (Å²) in [6.45, 7) is 17.6. The largest absolute Gasteiger partial charge is 0.507 e. The number of piperidine rings is 2. The third-order valence-corrected chi connectivity index (χ3v) is 12.0. The maximum absolute atomic E-state index is 11.9. The van der Waals surface area contributed by atoms with Gasteiger partial charge in [0.25, 0.3) is 0 Å². The van der Waals surface area contributed by atoms with E-state index in [0.717, 1.165) is 60.4 Å². The zero-order valence-corrected chi connectivity index (χ0v) is 36.5. The van der Waals surface area contributed by atoms with Gasteiger partial charge in [0.2, 0.25) is 5.89 Å². The van der Waals surface area contributed by atoms with Gasteiger partial charge in [-0.1, -0.05) is 0 Å². The smallest absolute Gasteiger partial charge is 0.227 e. The summed E-state index contributed by atoms with van der Waals surface area (Å²) >= 11 is 0. The molecule has 3 N–H and O–H groups in total. The van der Waals surface area contributed by atoms with Gasteiger partial charge in [-0.15, -0.1) is 10.2 Å². The molecule has 0 radical (unpaired) electrons. The van der Waals surface area contributed by atoms with E-state index in [-0.39, 0.29) is 28.4 Å². The van der Waals surface area contributed by atoms with Gasteiger partial charge in [-0.25, -0.2) is 9.67 Å². The minimum atomic E-state index is -0.0519. The van der Waals surface area contributed by atoms with Gasteiger partial charge >= 0.3 is 0 Å². The van der Waals surface area contributed by atoms with Crippen molar-refractivity contribution >= 4 is 5.82 Å². The number of hydrogen-bond acceptors (Lipinski definition) is 12. The molecule has 2 unspecified atom stereocenters. The number of rotatable bonds is 10. The molecule has 8 rings (SSSR count). The summed E-state index contributed by atoms with van der Waals surface area (Å²) in [6.07, 6.45) is 10.2. The molecule has 13 nitrogen and oxygen atoms in total. The fourth-order valence-corrected chi connectivity index (χ4v) is 10.1. The first-order chi connectivity index (χ1) is 28.5. The molecular formula is C47H58N10O3. The molecule has 314 valence electrons. The zero-order valence-electron chi connectivity index (χ0n) is 36.5. The van der Waals surface area contributed by atoms with E-state index in [1.807, 2.05) is 55.6 Å². The maximum Gasteiger partial charge on any atom is 0.227 e. The molecule has 0 saturated carbocycles. The number of aryl methyl sites for hydroxylation is 1. The molecule has 0 aliphatic carbocycles. The highest BCUT2D eigenvalue weighted by Crippen LogP contribution is 2.51. The Kier molecular flexibility index (Phi) is 10.8. The number of phenolic OH excluding ortho intramolecular Hbond substituents is 1. The number of phenols is 1. The van der Waals surface area contributed by atoms with Crippen LogP contribution >= 0.6 is 0 Å². The van der Waals surface area contributed by atoms with Crippen molar-refractivity contribution in [2.75, 3.05) is 19.1 Å². The molecule has 60 heavy (non-hydrogen) atoms. The van der Waals surface area contributed by atoms with Gasteiger partial charge < -0.3 is 29.8 Å². The Morgan fingerprint density at radius 1 is 0.867 bits per heavy atom. The van der Waals surface area contributed by atoms with Crippen LogP contribution in [0.15, 0.2) is 77.6 Å². The van der Waals surface area contributed by atoms with E-state index >= 15 is 0 Å². The standard InChI is InChI=1S/C47H58N10O3/c1-28-20-33(26-45(3,4)50-28)56(9)40-17-16-38(53-54-40)42-39(58)23-36(44-48-27-29(2)60-44)41(43(42)59-10)35-22-32(57-19-11-18-49-57)13-14-34(35)37-15-12-31(51-52-37)21-30-24-46(5,6)55-47(7,8)25-30/h11-19,22-23,27-28,30,33,50,55,58H,20-21,24-26H2,1-10H3. The molecule has 6 heterocycles. The van der Waals surface area contributed by atoms with Gasteiger partial charge in [0.15, 0.2) is 5.82 Å². The summed E-state index contributed by atoms with van der Waals surface area (Å²) < 4.78 is 14.3. The van der Waals surface area contributed by atoms with Gasteiger partial charge in [-0.05, 0) is 154 Å². The van der Waals surface area contributed by atoms with E-state index in [4.69, 9.17) is 29.5 Å². The highest BCUT2D eigenvalue weighted by Gasteiger charge is 2.38. The second kappa shape index (κ2) is 15.7. The average molecular weight is 811 g/mol. The molecular weight excluding hydrogens is 753 g/mol. The van der Waals surface area contributed by atoms with Crippen LogP contribution in [0.1, 0.15) is 85.6 Å². The maximum atomic E-state index is 11.9. The van der Waals surface area contributed by atoms with Crippen molar-refractivity contribution in [3.8, 4) is 62.3 Å². The Balaban J connectivity index is 1.24. The molecule has 0 amide bonds. The first kappa shape index (κ1) is 41.1. The van der Waals surface area contributed by atoms with E-state index in [1.165, 1.54) is 0 Å². The Labute approximate surface area is 353 Å². The molecule has 2 saturated heterocycles. The number of benzene rings is 2. The van der Waals surface area contributed by atoms with Crippen molar-refractivity contribution in [1.29, 1.82) is 0 Å². The monoisotopic (exact) mass is 810 g/mol. The van der Waals surface area contributed by atoms with Crippen molar-refractivity contribution < 1.29 is 14.3 Å². The first-order valence-electron chi connectivity index (χ1n) is 21.0. The lowest BCUT2D eigenvalue weighted by Gasteiger charge is -2.46. The molecule has 0 bridgehead atoms. The van der Waals surface area contributed by atoms with Crippen molar-refractivity contribution in [2.24, 2.45) is 5.92 Å². The molecule has 2 aromatic carbocycles. The summed E-state index contributed by atoms with van der Waals surface area (Å²) in [7, 11) is 3.67. The lowest BCUT2D eigenvalue weighted by Crippen LogP contribution is -2.58. The van der Waals surface area contributed by atoms with Crippen LogP contribution in [0.4, 0.5) is 5.82 Å². The number of oxazole rings is 1. The molecule has 0 spiro atoms. The third kappa shape index (κ3) is 8.51. The van der Waals surface area contributed by atoms with Crippen LogP contribution in [0.25, 0.3) is 50.8 Å². The van der Waals surface area contributed by atoms with E-state index in [9.17, 15) is 5.11 Å². The quantitative estimate of drug-likeness (QED) is 0.122. The molecule has 2 atom stereocenters. The lowest BCUT2D eigenvalue weighted by atomic mass is 9.74. The summed E-state index contributed by atoms with van der Waals surface area (Å²) in [5.74, 6) is 2.51. The van der Waals surface area contributed by atoms with Crippen molar-refractivity contribution in [2.45, 2.75) is 116 Å². The van der Waals surface area contributed by atoms with Crippen LogP contribution in [0.2, 0.25) is 0 Å². The van der Waals surface area contributed by atoms with E-state index < -0.39 is 0 Å². The van der Waals surface area contributed by atoms with Crippen LogP contribution in [0, 0.1) is 12.8 Å². The predicted octanol–water partition coefficient (Wildman–Crippen LogP) is 8.59. The highest BCUT2D eigenvalue weighted by molar-refractivity contribution is 5.98. The Hall–Kier alpha value is -5.66. The summed E-state index contributed by atoms with van der Waals surface area (Å²) in [5, 5.41) is 43.0. The van der Waals surface area contributed by atoms with Crippen LogP contribution in [0.3, 0.4) is 0 Å². The van der Waals surface area contributed by atoms with Crippen molar-refractivity contribution in [3.63, 3.8) is 0 Å². The highest BCUT2D eigenvalue weighted by atomic mass is 16.5. The minimum absolute atomic E-state index is 0.00555.